The fraction of sp³-hybridized carbons (Fsp3) is 1.00. The largest absolute Gasteiger partial charge is 0.316 e. The lowest BCUT2D eigenvalue weighted by molar-refractivity contribution is -0.0855. The molecule has 0 saturated heterocycles. The summed E-state index contributed by atoms with van der Waals surface area (Å²) in [6.07, 6.45) is 7.83. The Balaban J connectivity index is 1.74. The van der Waals surface area contributed by atoms with E-state index in [2.05, 4.69) is 26.1 Å². The molecule has 0 amide bonds. The molecule has 0 heterocycles. The monoisotopic (exact) mass is 235 g/mol. The lowest BCUT2D eigenvalue weighted by Gasteiger charge is -2.59. The van der Waals surface area contributed by atoms with Crippen molar-refractivity contribution in [1.29, 1.82) is 0 Å². The summed E-state index contributed by atoms with van der Waals surface area (Å²) in [6.45, 7) is 9.60. The minimum absolute atomic E-state index is 0.513. The molecule has 4 aliphatic carbocycles. The molecule has 4 bridgehead atoms. The van der Waals surface area contributed by atoms with Crippen LogP contribution in [0.4, 0.5) is 0 Å². The lowest BCUT2D eigenvalue weighted by atomic mass is 9.47. The zero-order valence-electron chi connectivity index (χ0n) is 11.8. The van der Waals surface area contributed by atoms with Gasteiger partial charge in [-0.2, -0.15) is 0 Å². The normalized spacial score (nSPS) is 44.3. The maximum Gasteiger partial charge on any atom is 0.000526 e. The third kappa shape index (κ3) is 2.05. The molecule has 0 radical (unpaired) electrons. The van der Waals surface area contributed by atoms with Crippen LogP contribution in [-0.4, -0.2) is 13.1 Å². The summed E-state index contributed by atoms with van der Waals surface area (Å²) in [5.41, 5.74) is 0.513. The van der Waals surface area contributed by atoms with Gasteiger partial charge in [0.1, 0.15) is 0 Å². The van der Waals surface area contributed by atoms with Crippen LogP contribution >= 0.6 is 0 Å². The number of nitrogens with one attached hydrogen (secondary N) is 1. The first-order valence-corrected chi connectivity index (χ1v) is 7.81. The van der Waals surface area contributed by atoms with Crippen molar-refractivity contribution in [3.8, 4) is 0 Å². The molecule has 0 aliphatic heterocycles. The first kappa shape index (κ1) is 12.0. The molecule has 1 nitrogen and oxygen atoms in total. The van der Waals surface area contributed by atoms with E-state index in [9.17, 15) is 0 Å². The Morgan fingerprint density at radius 3 is 1.94 bits per heavy atom. The van der Waals surface area contributed by atoms with Crippen molar-refractivity contribution in [2.45, 2.75) is 52.9 Å². The van der Waals surface area contributed by atoms with E-state index in [-0.39, 0.29) is 0 Å². The van der Waals surface area contributed by atoms with Crippen LogP contribution in [0.5, 0.6) is 0 Å². The minimum Gasteiger partial charge on any atom is -0.316 e. The Hall–Kier alpha value is -0.0400. The Morgan fingerprint density at radius 2 is 1.47 bits per heavy atom. The summed E-state index contributed by atoms with van der Waals surface area (Å²) in [7, 11) is 0. The molecule has 98 valence electrons. The molecule has 0 aromatic rings. The first-order chi connectivity index (χ1) is 8.10. The van der Waals surface area contributed by atoms with E-state index in [4.69, 9.17) is 0 Å². The standard InChI is InChI=1S/C16H29N/c1-4-17-10-16(2,3)15-13-6-11-5-12(8-13)9-14(15)7-11/h11-15,17H,4-10H2,1-3H3. The van der Waals surface area contributed by atoms with Gasteiger partial charge in [0.15, 0.2) is 0 Å². The third-order valence-electron chi connectivity index (χ3n) is 5.96. The molecule has 1 heteroatoms. The van der Waals surface area contributed by atoms with Gasteiger partial charge in [-0.3, -0.25) is 0 Å². The molecule has 1 N–H and O–H groups in total. The first-order valence-electron chi connectivity index (χ1n) is 7.81. The van der Waals surface area contributed by atoms with Gasteiger partial charge in [-0.25, -0.2) is 0 Å². The number of hydrogen-bond acceptors (Lipinski definition) is 1. The minimum atomic E-state index is 0.513. The fourth-order valence-corrected chi connectivity index (χ4v) is 5.77. The molecule has 0 aromatic carbocycles. The Morgan fingerprint density at radius 1 is 0.941 bits per heavy atom. The summed E-state index contributed by atoms with van der Waals surface area (Å²) < 4.78 is 0. The van der Waals surface area contributed by atoms with Gasteiger partial charge in [-0.15, -0.1) is 0 Å². The predicted octanol–water partition coefficient (Wildman–Crippen LogP) is 3.69. The lowest BCUT2D eigenvalue weighted by Crippen LogP contribution is -2.52. The highest BCUT2D eigenvalue weighted by Gasteiger charge is 2.52. The van der Waals surface area contributed by atoms with Gasteiger partial charge >= 0.3 is 0 Å². The van der Waals surface area contributed by atoms with Gasteiger partial charge in [0.2, 0.25) is 0 Å². The quantitative estimate of drug-likeness (QED) is 0.783. The van der Waals surface area contributed by atoms with Gasteiger partial charge < -0.3 is 5.32 Å². The van der Waals surface area contributed by atoms with Crippen LogP contribution in [0.1, 0.15) is 52.9 Å². The number of hydrogen-bond donors (Lipinski definition) is 1. The third-order valence-corrected chi connectivity index (χ3v) is 5.96. The van der Waals surface area contributed by atoms with Gasteiger partial charge in [0.05, 0.1) is 0 Å². The van der Waals surface area contributed by atoms with E-state index in [1.165, 1.54) is 6.54 Å². The van der Waals surface area contributed by atoms with E-state index in [1.807, 2.05) is 0 Å². The maximum atomic E-state index is 3.60. The zero-order chi connectivity index (χ0) is 12.0. The Labute approximate surface area is 107 Å². The molecule has 4 rings (SSSR count). The molecule has 0 unspecified atom stereocenters. The summed E-state index contributed by atoms with van der Waals surface area (Å²) >= 11 is 0. The van der Waals surface area contributed by atoms with Gasteiger partial charge in [0, 0.05) is 6.54 Å². The van der Waals surface area contributed by atoms with Crippen molar-refractivity contribution in [2.24, 2.45) is 35.0 Å². The second kappa shape index (κ2) is 4.26. The van der Waals surface area contributed by atoms with E-state index in [0.29, 0.717) is 5.41 Å². The van der Waals surface area contributed by atoms with Gasteiger partial charge in [-0.1, -0.05) is 20.8 Å². The van der Waals surface area contributed by atoms with Crippen LogP contribution in [0.15, 0.2) is 0 Å². The molecule has 17 heavy (non-hydrogen) atoms. The smallest absolute Gasteiger partial charge is 0.000526 e. The Bertz CT molecular complexity index is 253. The van der Waals surface area contributed by atoms with E-state index in [1.54, 1.807) is 32.1 Å². The molecule has 0 aromatic heterocycles. The molecule has 0 atom stereocenters. The van der Waals surface area contributed by atoms with E-state index < -0.39 is 0 Å². The summed E-state index contributed by atoms with van der Waals surface area (Å²) in [4.78, 5) is 0. The number of rotatable bonds is 4. The second-order valence-corrected chi connectivity index (χ2v) is 7.73. The van der Waals surface area contributed by atoms with Crippen molar-refractivity contribution in [3.63, 3.8) is 0 Å². The fourth-order valence-electron chi connectivity index (χ4n) is 5.77. The molecule has 0 spiro atoms. The SMILES string of the molecule is CCNCC(C)(C)C1C2CC3CC(C2)CC1C3. The van der Waals surface area contributed by atoms with Gasteiger partial charge in [-0.05, 0) is 73.7 Å². The van der Waals surface area contributed by atoms with Crippen LogP contribution in [0.25, 0.3) is 0 Å². The van der Waals surface area contributed by atoms with Crippen molar-refractivity contribution in [2.75, 3.05) is 13.1 Å². The van der Waals surface area contributed by atoms with E-state index in [0.717, 1.165) is 36.1 Å². The molecular weight excluding hydrogens is 206 g/mol. The van der Waals surface area contributed by atoms with Crippen LogP contribution < -0.4 is 5.32 Å². The summed E-state index contributed by atoms with van der Waals surface area (Å²) in [5, 5.41) is 3.60. The molecule has 4 fully saturated rings. The summed E-state index contributed by atoms with van der Waals surface area (Å²) in [6, 6.07) is 0. The highest BCUT2D eigenvalue weighted by Crippen LogP contribution is 2.60. The topological polar surface area (TPSA) is 12.0 Å². The van der Waals surface area contributed by atoms with E-state index >= 15 is 0 Å². The maximum absolute atomic E-state index is 3.60. The second-order valence-electron chi connectivity index (χ2n) is 7.73. The highest BCUT2D eigenvalue weighted by molar-refractivity contribution is 5.02. The zero-order valence-corrected chi connectivity index (χ0v) is 11.8. The molecule has 4 saturated carbocycles. The van der Waals surface area contributed by atoms with Gasteiger partial charge in [0.25, 0.3) is 0 Å². The average Bonchev–Trinajstić information content (AvgIpc) is 2.24. The molecule has 4 aliphatic rings. The highest BCUT2D eigenvalue weighted by atomic mass is 14.9. The molecular formula is C16H29N. The average molecular weight is 235 g/mol. The van der Waals surface area contributed by atoms with Crippen molar-refractivity contribution < 1.29 is 0 Å². The van der Waals surface area contributed by atoms with Crippen molar-refractivity contribution in [1.82, 2.24) is 5.32 Å². The van der Waals surface area contributed by atoms with Crippen molar-refractivity contribution in [3.05, 3.63) is 0 Å². The van der Waals surface area contributed by atoms with Crippen molar-refractivity contribution >= 4 is 0 Å². The summed E-state index contributed by atoms with van der Waals surface area (Å²) in [5.74, 6) is 5.38. The predicted molar refractivity (Wildman–Crippen MR) is 72.9 cm³/mol. The Kier molecular flexibility index (Phi) is 3.01. The van der Waals surface area contributed by atoms with Crippen LogP contribution in [0.2, 0.25) is 0 Å². The van der Waals surface area contributed by atoms with Crippen LogP contribution in [0.3, 0.4) is 0 Å². The van der Waals surface area contributed by atoms with Crippen LogP contribution in [-0.2, 0) is 0 Å². The van der Waals surface area contributed by atoms with Crippen LogP contribution in [0, 0.1) is 35.0 Å².